The summed E-state index contributed by atoms with van der Waals surface area (Å²) >= 11 is 6.08. The van der Waals surface area contributed by atoms with E-state index in [0.29, 0.717) is 18.0 Å². The molecule has 0 aliphatic rings. The van der Waals surface area contributed by atoms with Crippen molar-refractivity contribution in [3.05, 3.63) is 58.6 Å². The van der Waals surface area contributed by atoms with Crippen molar-refractivity contribution in [2.75, 3.05) is 12.3 Å². The fourth-order valence-electron chi connectivity index (χ4n) is 1.80. The van der Waals surface area contributed by atoms with E-state index in [-0.39, 0.29) is 17.2 Å². The molecule has 110 valence electrons. The normalized spacial score (nSPS) is 10.2. The molecule has 0 atom stereocenters. The highest BCUT2D eigenvalue weighted by Crippen LogP contribution is 2.30. The molecule has 0 aliphatic heterocycles. The van der Waals surface area contributed by atoms with Crippen LogP contribution in [0.25, 0.3) is 0 Å². The van der Waals surface area contributed by atoms with E-state index in [1.165, 1.54) is 12.1 Å². The van der Waals surface area contributed by atoms with Gasteiger partial charge >= 0.3 is 5.97 Å². The van der Waals surface area contributed by atoms with Crippen LogP contribution in [0.5, 0.6) is 5.75 Å². The standard InChI is InChI=1S/C16H16ClNO3/c1-2-20-16(19)12-8-14(18)15(9-13(12)17)21-10-11-6-4-3-5-7-11/h3-9H,2,10,18H2,1H3. The number of rotatable bonds is 5. The Morgan fingerprint density at radius 2 is 1.95 bits per heavy atom. The number of nitrogens with two attached hydrogens (primary N) is 1. The highest BCUT2D eigenvalue weighted by molar-refractivity contribution is 6.33. The van der Waals surface area contributed by atoms with Crippen LogP contribution in [-0.2, 0) is 11.3 Å². The van der Waals surface area contributed by atoms with Crippen molar-refractivity contribution >= 4 is 23.3 Å². The lowest BCUT2D eigenvalue weighted by Gasteiger charge is -2.12. The second kappa shape index (κ2) is 6.99. The number of anilines is 1. The summed E-state index contributed by atoms with van der Waals surface area (Å²) in [4.78, 5) is 11.7. The Morgan fingerprint density at radius 1 is 1.24 bits per heavy atom. The first-order valence-corrected chi connectivity index (χ1v) is 6.92. The van der Waals surface area contributed by atoms with Crippen molar-refractivity contribution in [3.8, 4) is 5.75 Å². The van der Waals surface area contributed by atoms with E-state index in [1.807, 2.05) is 30.3 Å². The molecular formula is C16H16ClNO3. The molecule has 21 heavy (non-hydrogen) atoms. The number of carbonyl (C=O) groups is 1. The summed E-state index contributed by atoms with van der Waals surface area (Å²) in [5.74, 6) is -0.0549. The van der Waals surface area contributed by atoms with Gasteiger partial charge < -0.3 is 15.2 Å². The van der Waals surface area contributed by atoms with Gasteiger partial charge in [-0.05, 0) is 18.6 Å². The van der Waals surface area contributed by atoms with Crippen LogP contribution >= 0.6 is 11.6 Å². The van der Waals surface area contributed by atoms with Crippen molar-refractivity contribution in [1.29, 1.82) is 0 Å². The van der Waals surface area contributed by atoms with Gasteiger partial charge in [0.15, 0.2) is 0 Å². The predicted octanol–water partition coefficient (Wildman–Crippen LogP) is 3.68. The molecular weight excluding hydrogens is 290 g/mol. The van der Waals surface area contributed by atoms with Crippen molar-refractivity contribution in [2.45, 2.75) is 13.5 Å². The van der Waals surface area contributed by atoms with E-state index in [2.05, 4.69) is 0 Å². The Kier molecular flexibility index (Phi) is 5.06. The Balaban J connectivity index is 2.14. The van der Waals surface area contributed by atoms with Gasteiger partial charge in [-0.2, -0.15) is 0 Å². The Labute approximate surface area is 128 Å². The fraction of sp³-hybridized carbons (Fsp3) is 0.188. The van der Waals surface area contributed by atoms with Crippen LogP contribution < -0.4 is 10.5 Å². The number of halogens is 1. The van der Waals surface area contributed by atoms with Crippen LogP contribution in [0.4, 0.5) is 5.69 Å². The van der Waals surface area contributed by atoms with Crippen LogP contribution in [0, 0.1) is 0 Å². The Morgan fingerprint density at radius 3 is 2.62 bits per heavy atom. The Hall–Kier alpha value is -2.20. The van der Waals surface area contributed by atoms with Gasteiger partial charge in [-0.25, -0.2) is 4.79 Å². The molecule has 2 aromatic carbocycles. The number of hydrogen-bond donors (Lipinski definition) is 1. The largest absolute Gasteiger partial charge is 0.487 e. The van der Waals surface area contributed by atoms with E-state index in [9.17, 15) is 4.79 Å². The van der Waals surface area contributed by atoms with Gasteiger partial charge in [0, 0.05) is 6.07 Å². The molecule has 0 radical (unpaired) electrons. The topological polar surface area (TPSA) is 61.5 Å². The molecule has 2 rings (SSSR count). The average Bonchev–Trinajstić information content (AvgIpc) is 2.49. The quantitative estimate of drug-likeness (QED) is 0.676. The van der Waals surface area contributed by atoms with E-state index in [4.69, 9.17) is 26.8 Å². The number of benzene rings is 2. The maximum Gasteiger partial charge on any atom is 0.339 e. The van der Waals surface area contributed by atoms with E-state index in [1.54, 1.807) is 6.92 Å². The van der Waals surface area contributed by atoms with Gasteiger partial charge in [-0.1, -0.05) is 41.9 Å². The second-order valence-electron chi connectivity index (χ2n) is 4.36. The third kappa shape index (κ3) is 3.89. The van der Waals surface area contributed by atoms with E-state index >= 15 is 0 Å². The molecule has 0 spiro atoms. The van der Waals surface area contributed by atoms with Gasteiger partial charge in [0.05, 0.1) is 22.9 Å². The van der Waals surface area contributed by atoms with Crippen LogP contribution in [0.1, 0.15) is 22.8 Å². The first-order valence-electron chi connectivity index (χ1n) is 6.54. The minimum absolute atomic E-state index is 0.239. The molecule has 0 saturated heterocycles. The second-order valence-corrected chi connectivity index (χ2v) is 4.77. The van der Waals surface area contributed by atoms with Gasteiger partial charge in [0.2, 0.25) is 0 Å². The molecule has 4 nitrogen and oxygen atoms in total. The zero-order valence-corrected chi connectivity index (χ0v) is 12.4. The molecule has 2 N–H and O–H groups in total. The molecule has 0 heterocycles. The van der Waals surface area contributed by atoms with Crippen LogP contribution in [0.2, 0.25) is 5.02 Å². The summed E-state index contributed by atoms with van der Waals surface area (Å²) in [6.45, 7) is 2.38. The van der Waals surface area contributed by atoms with Gasteiger partial charge in [0.25, 0.3) is 0 Å². The number of nitrogen functional groups attached to an aromatic ring is 1. The minimum Gasteiger partial charge on any atom is -0.487 e. The van der Waals surface area contributed by atoms with Crippen LogP contribution in [-0.4, -0.2) is 12.6 Å². The van der Waals surface area contributed by atoms with E-state index in [0.717, 1.165) is 5.56 Å². The smallest absolute Gasteiger partial charge is 0.339 e. The summed E-state index contributed by atoms with van der Waals surface area (Å²) in [6, 6.07) is 12.7. The zero-order chi connectivity index (χ0) is 15.2. The fourth-order valence-corrected chi connectivity index (χ4v) is 2.03. The number of hydrogen-bond acceptors (Lipinski definition) is 4. The highest BCUT2D eigenvalue weighted by Gasteiger charge is 2.15. The van der Waals surface area contributed by atoms with Crippen LogP contribution in [0.3, 0.4) is 0 Å². The Bertz CT molecular complexity index is 629. The molecule has 0 amide bonds. The van der Waals surface area contributed by atoms with Crippen molar-refractivity contribution in [1.82, 2.24) is 0 Å². The van der Waals surface area contributed by atoms with Crippen molar-refractivity contribution in [3.63, 3.8) is 0 Å². The zero-order valence-electron chi connectivity index (χ0n) is 11.6. The summed E-state index contributed by atoms with van der Waals surface area (Å²) in [6.07, 6.45) is 0. The number of carbonyl (C=O) groups excluding carboxylic acids is 1. The lowest BCUT2D eigenvalue weighted by molar-refractivity contribution is 0.0526. The molecule has 0 aromatic heterocycles. The monoisotopic (exact) mass is 305 g/mol. The van der Waals surface area contributed by atoms with E-state index < -0.39 is 5.97 Å². The number of esters is 1. The van der Waals surface area contributed by atoms with Crippen molar-refractivity contribution in [2.24, 2.45) is 0 Å². The van der Waals surface area contributed by atoms with Crippen molar-refractivity contribution < 1.29 is 14.3 Å². The third-order valence-electron chi connectivity index (χ3n) is 2.83. The summed E-state index contributed by atoms with van der Waals surface area (Å²) in [5.41, 5.74) is 7.50. The van der Waals surface area contributed by atoms with Gasteiger partial charge in [-0.3, -0.25) is 0 Å². The third-order valence-corrected chi connectivity index (χ3v) is 3.14. The molecule has 0 saturated carbocycles. The number of ether oxygens (including phenoxy) is 2. The molecule has 0 fully saturated rings. The molecule has 5 heteroatoms. The summed E-state index contributed by atoms with van der Waals surface area (Å²) in [5, 5.41) is 0.255. The molecule has 0 bridgehead atoms. The van der Waals surface area contributed by atoms with Crippen LogP contribution in [0.15, 0.2) is 42.5 Å². The molecule has 0 unspecified atom stereocenters. The van der Waals surface area contributed by atoms with Gasteiger partial charge in [-0.15, -0.1) is 0 Å². The first kappa shape index (κ1) is 15.2. The highest BCUT2D eigenvalue weighted by atomic mass is 35.5. The lowest BCUT2D eigenvalue weighted by atomic mass is 10.2. The average molecular weight is 306 g/mol. The lowest BCUT2D eigenvalue weighted by Crippen LogP contribution is -2.07. The summed E-state index contributed by atoms with van der Waals surface area (Å²) in [7, 11) is 0. The molecule has 2 aromatic rings. The first-order chi connectivity index (χ1) is 10.1. The minimum atomic E-state index is -0.496. The summed E-state index contributed by atoms with van der Waals surface area (Å²) < 4.78 is 10.5. The van der Waals surface area contributed by atoms with Gasteiger partial charge in [0.1, 0.15) is 12.4 Å². The predicted molar refractivity (Wildman–Crippen MR) is 82.6 cm³/mol. The molecule has 0 aliphatic carbocycles. The maximum absolute atomic E-state index is 11.7. The SMILES string of the molecule is CCOC(=O)c1cc(N)c(OCc2ccccc2)cc1Cl. The maximum atomic E-state index is 11.7.